The fourth-order valence-corrected chi connectivity index (χ4v) is 1.91. The lowest BCUT2D eigenvalue weighted by molar-refractivity contribution is 0.543. The van der Waals surface area contributed by atoms with Crippen molar-refractivity contribution in [2.75, 3.05) is 0 Å². The minimum absolute atomic E-state index is 0.0410. The minimum Gasteiger partial charge on any atom is -0.306 e. The van der Waals surface area contributed by atoms with Crippen LogP contribution in [0.5, 0.6) is 0 Å². The van der Waals surface area contributed by atoms with Crippen LogP contribution < -0.4 is 5.32 Å². The molecule has 102 valence electrons. The maximum Gasteiger partial charge on any atom is 0.127 e. The Morgan fingerprint density at radius 3 is 2.50 bits per heavy atom. The van der Waals surface area contributed by atoms with Crippen LogP contribution in [0.3, 0.4) is 0 Å². The van der Waals surface area contributed by atoms with Crippen molar-refractivity contribution < 1.29 is 8.78 Å². The van der Waals surface area contributed by atoms with Crippen LogP contribution in [0, 0.1) is 23.0 Å². The van der Waals surface area contributed by atoms with E-state index in [2.05, 4.69) is 5.32 Å². The molecule has 0 aliphatic heterocycles. The van der Waals surface area contributed by atoms with Crippen molar-refractivity contribution in [1.82, 2.24) is 5.32 Å². The Labute approximate surface area is 116 Å². The van der Waals surface area contributed by atoms with Gasteiger partial charge in [0.05, 0.1) is 11.6 Å². The number of halogens is 2. The Hall–Kier alpha value is -2.25. The van der Waals surface area contributed by atoms with Crippen LogP contribution in [0.4, 0.5) is 8.78 Å². The van der Waals surface area contributed by atoms with Gasteiger partial charge in [-0.05, 0) is 42.8 Å². The van der Waals surface area contributed by atoms with Crippen molar-refractivity contribution in [2.45, 2.75) is 19.5 Å². The van der Waals surface area contributed by atoms with Gasteiger partial charge in [0.25, 0.3) is 0 Å². The summed E-state index contributed by atoms with van der Waals surface area (Å²) in [7, 11) is 0. The smallest absolute Gasteiger partial charge is 0.127 e. The van der Waals surface area contributed by atoms with Gasteiger partial charge in [-0.15, -0.1) is 0 Å². The average molecular weight is 272 g/mol. The lowest BCUT2D eigenvalue weighted by Crippen LogP contribution is -2.18. The molecule has 0 bridgehead atoms. The predicted octanol–water partition coefficient (Wildman–Crippen LogP) is 3.69. The summed E-state index contributed by atoms with van der Waals surface area (Å²) in [5.74, 6) is -0.628. The molecule has 2 rings (SSSR count). The number of nitriles is 1. The van der Waals surface area contributed by atoms with E-state index in [9.17, 15) is 8.78 Å². The van der Waals surface area contributed by atoms with E-state index in [1.165, 1.54) is 30.3 Å². The maximum absolute atomic E-state index is 13.6. The molecule has 0 saturated carbocycles. The topological polar surface area (TPSA) is 35.8 Å². The SMILES string of the molecule is CC(NCc1cc(C#N)ccc1F)c1ccc(F)cc1. The second-order valence-electron chi connectivity index (χ2n) is 4.57. The maximum atomic E-state index is 13.6. The number of nitrogens with one attached hydrogen (secondary N) is 1. The third-order valence-corrected chi connectivity index (χ3v) is 3.14. The number of benzene rings is 2. The summed E-state index contributed by atoms with van der Waals surface area (Å²) in [5.41, 5.74) is 1.79. The van der Waals surface area contributed by atoms with Crippen LogP contribution in [0.1, 0.15) is 29.7 Å². The summed E-state index contributed by atoms with van der Waals surface area (Å²) in [6.07, 6.45) is 0. The molecule has 2 aromatic rings. The van der Waals surface area contributed by atoms with Crippen molar-refractivity contribution in [2.24, 2.45) is 0 Å². The highest BCUT2D eigenvalue weighted by Gasteiger charge is 2.08. The highest BCUT2D eigenvalue weighted by atomic mass is 19.1. The van der Waals surface area contributed by atoms with E-state index in [1.807, 2.05) is 13.0 Å². The second-order valence-corrected chi connectivity index (χ2v) is 4.57. The number of hydrogen-bond donors (Lipinski definition) is 1. The largest absolute Gasteiger partial charge is 0.306 e. The van der Waals surface area contributed by atoms with Gasteiger partial charge in [-0.2, -0.15) is 5.26 Å². The molecule has 0 amide bonds. The predicted molar refractivity (Wildman–Crippen MR) is 72.8 cm³/mol. The Kier molecular flexibility index (Phi) is 4.44. The van der Waals surface area contributed by atoms with Crippen LogP contribution in [0.15, 0.2) is 42.5 Å². The molecule has 1 unspecified atom stereocenters. The molecule has 4 heteroatoms. The van der Waals surface area contributed by atoms with Crippen molar-refractivity contribution in [3.63, 3.8) is 0 Å². The molecular weight excluding hydrogens is 258 g/mol. The zero-order valence-corrected chi connectivity index (χ0v) is 11.0. The highest BCUT2D eigenvalue weighted by molar-refractivity contribution is 5.33. The fraction of sp³-hybridized carbons (Fsp3) is 0.188. The van der Waals surface area contributed by atoms with E-state index in [4.69, 9.17) is 5.26 Å². The van der Waals surface area contributed by atoms with Gasteiger partial charge >= 0.3 is 0 Å². The average Bonchev–Trinajstić information content (AvgIpc) is 2.47. The zero-order valence-electron chi connectivity index (χ0n) is 11.0. The molecule has 1 atom stereocenters. The first-order chi connectivity index (χ1) is 9.60. The monoisotopic (exact) mass is 272 g/mol. The van der Waals surface area contributed by atoms with Crippen molar-refractivity contribution in [1.29, 1.82) is 5.26 Å². The highest BCUT2D eigenvalue weighted by Crippen LogP contribution is 2.15. The summed E-state index contributed by atoms with van der Waals surface area (Å²) in [6.45, 7) is 2.22. The first-order valence-corrected chi connectivity index (χ1v) is 6.27. The van der Waals surface area contributed by atoms with Gasteiger partial charge in [-0.3, -0.25) is 0 Å². The summed E-state index contributed by atoms with van der Waals surface area (Å²) in [6, 6.07) is 12.4. The van der Waals surface area contributed by atoms with E-state index < -0.39 is 0 Å². The molecule has 20 heavy (non-hydrogen) atoms. The van der Waals surface area contributed by atoms with Crippen molar-refractivity contribution >= 4 is 0 Å². The Bertz CT molecular complexity index is 630. The molecule has 0 aliphatic carbocycles. The van der Waals surface area contributed by atoms with Crippen LogP contribution in [0.2, 0.25) is 0 Å². The van der Waals surface area contributed by atoms with Crippen LogP contribution in [-0.2, 0) is 6.54 Å². The van der Waals surface area contributed by atoms with Gasteiger partial charge in [0.1, 0.15) is 11.6 Å². The molecule has 0 heterocycles. The number of nitrogens with zero attached hydrogens (tertiary/aromatic N) is 1. The first kappa shape index (κ1) is 14.2. The van der Waals surface area contributed by atoms with Crippen LogP contribution in [-0.4, -0.2) is 0 Å². The molecular formula is C16H14F2N2. The summed E-state index contributed by atoms with van der Waals surface area (Å²) in [4.78, 5) is 0. The molecule has 0 aliphatic rings. The summed E-state index contributed by atoms with van der Waals surface area (Å²) in [5, 5.41) is 12.0. The Morgan fingerprint density at radius 2 is 1.85 bits per heavy atom. The fourth-order valence-electron chi connectivity index (χ4n) is 1.91. The normalized spacial score (nSPS) is 11.9. The van der Waals surface area contributed by atoms with E-state index in [0.29, 0.717) is 17.7 Å². The standard InChI is InChI=1S/C16H14F2N2/c1-11(13-3-5-15(17)6-4-13)20-10-14-8-12(9-19)2-7-16(14)18/h2-8,11,20H,10H2,1H3. The third-order valence-electron chi connectivity index (χ3n) is 3.14. The summed E-state index contributed by atoms with van der Waals surface area (Å²) >= 11 is 0. The second kappa shape index (κ2) is 6.27. The number of rotatable bonds is 4. The molecule has 0 radical (unpaired) electrons. The Balaban J connectivity index is 2.05. The Morgan fingerprint density at radius 1 is 1.15 bits per heavy atom. The molecule has 2 nitrogen and oxygen atoms in total. The quantitative estimate of drug-likeness (QED) is 0.921. The number of hydrogen-bond acceptors (Lipinski definition) is 2. The van der Waals surface area contributed by atoms with E-state index in [0.717, 1.165) is 5.56 Å². The van der Waals surface area contributed by atoms with Gasteiger partial charge in [0.2, 0.25) is 0 Å². The molecule has 0 spiro atoms. The molecule has 0 saturated heterocycles. The van der Waals surface area contributed by atoms with Gasteiger partial charge < -0.3 is 5.32 Å². The lowest BCUT2D eigenvalue weighted by atomic mass is 10.1. The molecule has 2 aromatic carbocycles. The van der Waals surface area contributed by atoms with Gasteiger partial charge in [-0.25, -0.2) is 8.78 Å². The van der Waals surface area contributed by atoms with Crippen LogP contribution in [0.25, 0.3) is 0 Å². The van der Waals surface area contributed by atoms with Gasteiger partial charge in [0, 0.05) is 18.2 Å². The lowest BCUT2D eigenvalue weighted by Gasteiger charge is -2.14. The van der Waals surface area contributed by atoms with Crippen molar-refractivity contribution in [3.8, 4) is 6.07 Å². The minimum atomic E-state index is -0.345. The third kappa shape index (κ3) is 3.40. The van der Waals surface area contributed by atoms with E-state index >= 15 is 0 Å². The first-order valence-electron chi connectivity index (χ1n) is 6.27. The van der Waals surface area contributed by atoms with Crippen LogP contribution >= 0.6 is 0 Å². The van der Waals surface area contributed by atoms with E-state index in [-0.39, 0.29) is 17.7 Å². The van der Waals surface area contributed by atoms with Gasteiger partial charge in [-0.1, -0.05) is 12.1 Å². The molecule has 0 fully saturated rings. The van der Waals surface area contributed by atoms with Crippen molar-refractivity contribution in [3.05, 3.63) is 70.8 Å². The van der Waals surface area contributed by atoms with E-state index in [1.54, 1.807) is 12.1 Å². The summed E-state index contributed by atoms with van der Waals surface area (Å²) < 4.78 is 26.4. The zero-order chi connectivity index (χ0) is 14.5. The van der Waals surface area contributed by atoms with Gasteiger partial charge in [0.15, 0.2) is 0 Å². The molecule has 0 aromatic heterocycles. The molecule has 1 N–H and O–H groups in total.